The number of hydrogen-bond donors (Lipinski definition) is 2. The van der Waals surface area contributed by atoms with Crippen LogP contribution >= 0.6 is 11.3 Å². The molecule has 1 fully saturated rings. The summed E-state index contributed by atoms with van der Waals surface area (Å²) in [6.07, 6.45) is 0. The Balaban J connectivity index is 1.93. The van der Waals surface area contributed by atoms with Crippen molar-refractivity contribution >= 4 is 37.5 Å². The SMILES string of the molecule is COc1ccc(-c2ccc(S(=O)(=O)N3CCN(S(=O)(=O)N(C)C)C[C@@H]3C(=O)NO)s2)cc1F. The third kappa shape index (κ3) is 4.89. The lowest BCUT2D eigenvalue weighted by atomic mass is 10.2. The first-order chi connectivity index (χ1) is 15.4. The minimum atomic E-state index is -4.24. The number of halogens is 1. The molecule has 2 heterocycles. The summed E-state index contributed by atoms with van der Waals surface area (Å²) < 4.78 is 73.2. The number of sulfonamides is 1. The quantitative estimate of drug-likeness (QED) is 0.400. The van der Waals surface area contributed by atoms with E-state index < -0.39 is 44.5 Å². The maximum atomic E-state index is 14.1. The summed E-state index contributed by atoms with van der Waals surface area (Å²) in [4.78, 5) is 12.7. The summed E-state index contributed by atoms with van der Waals surface area (Å²) in [5.74, 6) is -1.62. The second kappa shape index (κ2) is 9.61. The first-order valence-electron chi connectivity index (χ1n) is 9.50. The fourth-order valence-corrected chi connectivity index (χ4v) is 7.41. The number of benzene rings is 1. The van der Waals surface area contributed by atoms with E-state index in [0.717, 1.165) is 24.3 Å². The van der Waals surface area contributed by atoms with Gasteiger partial charge in [-0.05, 0) is 35.9 Å². The number of nitrogens with one attached hydrogen (secondary N) is 1. The molecule has 0 aliphatic carbocycles. The van der Waals surface area contributed by atoms with Crippen LogP contribution in [0.5, 0.6) is 5.75 Å². The van der Waals surface area contributed by atoms with Gasteiger partial charge >= 0.3 is 0 Å². The van der Waals surface area contributed by atoms with E-state index >= 15 is 0 Å². The molecule has 11 nitrogen and oxygen atoms in total. The van der Waals surface area contributed by atoms with Crippen LogP contribution in [-0.4, -0.2) is 87.7 Å². The van der Waals surface area contributed by atoms with Crippen LogP contribution in [0.1, 0.15) is 0 Å². The third-order valence-electron chi connectivity index (χ3n) is 5.08. The van der Waals surface area contributed by atoms with Crippen molar-refractivity contribution in [1.82, 2.24) is 18.4 Å². The minimum absolute atomic E-state index is 0.0477. The first-order valence-corrected chi connectivity index (χ1v) is 13.2. The van der Waals surface area contributed by atoms with E-state index in [4.69, 9.17) is 9.94 Å². The normalized spacial score (nSPS) is 18.4. The number of ether oxygens (including phenoxy) is 1. The Bertz CT molecular complexity index is 1250. The lowest BCUT2D eigenvalue weighted by Gasteiger charge is -2.38. The molecule has 15 heteroatoms. The minimum Gasteiger partial charge on any atom is -0.494 e. The highest BCUT2D eigenvalue weighted by Crippen LogP contribution is 2.35. The topological polar surface area (TPSA) is 137 Å². The number of carbonyl (C=O) groups excluding carboxylic acids is 1. The molecule has 2 N–H and O–H groups in total. The molecule has 0 unspecified atom stereocenters. The van der Waals surface area contributed by atoms with Gasteiger partial charge in [-0.15, -0.1) is 11.3 Å². The van der Waals surface area contributed by atoms with Gasteiger partial charge in [0.15, 0.2) is 11.6 Å². The van der Waals surface area contributed by atoms with Gasteiger partial charge in [0.2, 0.25) is 0 Å². The zero-order valence-corrected chi connectivity index (χ0v) is 20.4. The standard InChI is InChI=1S/C18H23FN4O7S3/c1-21(2)33(28,29)22-8-9-23(14(11-22)18(24)20-25)32(26,27)17-7-6-16(31-17)12-4-5-15(30-3)13(19)10-12/h4-7,10,14,25H,8-9,11H2,1-3H3,(H,20,24)/t14-/m1/s1. The van der Waals surface area contributed by atoms with Crippen molar-refractivity contribution in [1.29, 1.82) is 0 Å². The van der Waals surface area contributed by atoms with Crippen molar-refractivity contribution in [3.8, 4) is 16.2 Å². The number of thiophene rings is 1. The van der Waals surface area contributed by atoms with Gasteiger partial charge in [-0.1, -0.05) is 0 Å². The molecule has 1 atom stereocenters. The van der Waals surface area contributed by atoms with Crippen molar-refractivity contribution in [3.05, 3.63) is 36.1 Å². The zero-order valence-electron chi connectivity index (χ0n) is 17.9. The monoisotopic (exact) mass is 522 g/mol. The summed E-state index contributed by atoms with van der Waals surface area (Å²) in [7, 11) is -4.19. The largest absolute Gasteiger partial charge is 0.494 e. The molecular weight excluding hydrogens is 499 g/mol. The second-order valence-corrected chi connectivity index (χ2v) is 12.6. The average Bonchev–Trinajstić information content (AvgIpc) is 3.29. The Morgan fingerprint density at radius 1 is 1.21 bits per heavy atom. The predicted molar refractivity (Wildman–Crippen MR) is 118 cm³/mol. The Kier molecular flexibility index (Phi) is 7.42. The van der Waals surface area contributed by atoms with Gasteiger partial charge in [0.05, 0.1) is 7.11 Å². The van der Waals surface area contributed by atoms with E-state index in [0.29, 0.717) is 10.4 Å². The molecule has 1 aliphatic heterocycles. The van der Waals surface area contributed by atoms with Crippen molar-refractivity contribution in [2.24, 2.45) is 0 Å². The van der Waals surface area contributed by atoms with Crippen molar-refractivity contribution in [3.63, 3.8) is 0 Å². The van der Waals surface area contributed by atoms with Crippen LogP contribution in [0.15, 0.2) is 34.5 Å². The van der Waals surface area contributed by atoms with Crippen LogP contribution < -0.4 is 10.2 Å². The van der Waals surface area contributed by atoms with Crippen LogP contribution in [0, 0.1) is 5.82 Å². The highest BCUT2D eigenvalue weighted by Gasteiger charge is 2.44. The van der Waals surface area contributed by atoms with E-state index in [1.54, 1.807) is 6.07 Å². The van der Waals surface area contributed by atoms with Crippen molar-refractivity contribution < 1.29 is 36.0 Å². The number of methoxy groups -OCH3 is 1. The highest BCUT2D eigenvalue weighted by atomic mass is 32.2. The van der Waals surface area contributed by atoms with Crippen LogP contribution in [0.25, 0.3) is 10.4 Å². The summed E-state index contributed by atoms with van der Waals surface area (Å²) in [6, 6.07) is 5.56. The van der Waals surface area contributed by atoms with Crippen LogP contribution in [0.3, 0.4) is 0 Å². The maximum absolute atomic E-state index is 14.1. The number of amides is 1. The Morgan fingerprint density at radius 2 is 1.91 bits per heavy atom. The van der Waals surface area contributed by atoms with Crippen LogP contribution in [0.4, 0.5) is 4.39 Å². The lowest BCUT2D eigenvalue weighted by molar-refractivity contribution is -0.134. The molecule has 1 amide bonds. The summed E-state index contributed by atoms with van der Waals surface area (Å²) in [5, 5.41) is 9.12. The molecule has 1 aliphatic rings. The van der Waals surface area contributed by atoms with Gasteiger partial charge in [-0.25, -0.2) is 18.3 Å². The van der Waals surface area contributed by atoms with E-state index in [-0.39, 0.29) is 23.0 Å². The fourth-order valence-electron chi connectivity index (χ4n) is 3.31. The van der Waals surface area contributed by atoms with E-state index in [2.05, 4.69) is 0 Å². The number of carbonyl (C=O) groups is 1. The van der Waals surface area contributed by atoms with Crippen LogP contribution in [-0.2, 0) is 25.0 Å². The number of hydrogen-bond acceptors (Lipinski definition) is 8. The van der Waals surface area contributed by atoms with Gasteiger partial charge in [0, 0.05) is 38.6 Å². The number of rotatable bonds is 7. The molecule has 0 radical (unpaired) electrons. The predicted octanol–water partition coefficient (Wildman–Crippen LogP) is 0.550. The number of piperazine rings is 1. The Labute approximate surface area is 195 Å². The summed E-state index contributed by atoms with van der Waals surface area (Å²) in [6.45, 7) is -0.969. The van der Waals surface area contributed by atoms with E-state index in [9.17, 15) is 26.0 Å². The summed E-state index contributed by atoms with van der Waals surface area (Å²) >= 11 is 0.870. The number of hydroxylamine groups is 1. The van der Waals surface area contributed by atoms with Gasteiger partial charge in [0.1, 0.15) is 10.3 Å². The molecule has 3 rings (SSSR count). The molecule has 182 valence electrons. The zero-order chi connectivity index (χ0) is 24.6. The molecule has 0 saturated carbocycles. The van der Waals surface area contributed by atoms with Gasteiger partial charge in [0.25, 0.3) is 26.1 Å². The Morgan fingerprint density at radius 3 is 2.48 bits per heavy atom. The molecule has 1 aromatic heterocycles. The molecular formula is C18H23FN4O7S3. The molecule has 33 heavy (non-hydrogen) atoms. The molecule has 0 spiro atoms. The maximum Gasteiger partial charge on any atom is 0.281 e. The lowest BCUT2D eigenvalue weighted by Crippen LogP contribution is -2.62. The molecule has 2 aromatic rings. The van der Waals surface area contributed by atoms with Crippen molar-refractivity contribution in [2.75, 3.05) is 40.8 Å². The Hall–Kier alpha value is -2.14. The highest BCUT2D eigenvalue weighted by molar-refractivity contribution is 7.91. The molecule has 1 aromatic carbocycles. The second-order valence-electron chi connectivity index (χ2n) is 7.22. The van der Waals surface area contributed by atoms with Gasteiger partial charge in [-0.3, -0.25) is 10.0 Å². The first kappa shape index (κ1) is 25.5. The number of nitrogens with zero attached hydrogens (tertiary/aromatic N) is 3. The molecule has 0 bridgehead atoms. The van der Waals surface area contributed by atoms with Gasteiger partial charge < -0.3 is 4.74 Å². The fraction of sp³-hybridized carbons (Fsp3) is 0.389. The van der Waals surface area contributed by atoms with E-state index in [1.807, 2.05) is 0 Å². The van der Waals surface area contributed by atoms with E-state index in [1.165, 1.54) is 51.0 Å². The van der Waals surface area contributed by atoms with Gasteiger partial charge in [-0.2, -0.15) is 21.3 Å². The van der Waals surface area contributed by atoms with Crippen LogP contribution in [0.2, 0.25) is 0 Å². The van der Waals surface area contributed by atoms with Crippen molar-refractivity contribution in [2.45, 2.75) is 10.3 Å². The summed E-state index contributed by atoms with van der Waals surface area (Å²) in [5.41, 5.74) is 1.84. The molecule has 1 saturated heterocycles. The third-order valence-corrected chi connectivity index (χ3v) is 10.5. The average molecular weight is 523 g/mol. The smallest absolute Gasteiger partial charge is 0.281 e.